The fraction of sp³-hybridized carbons (Fsp3) is 0.269. The Morgan fingerprint density at radius 2 is 1.75 bits per heavy atom. The molecule has 3 aromatic heterocycles. The maximum Gasteiger partial charge on any atom is 0.310 e. The standard InChI is InChI=1S/C26H26N4O2/c1-3-22-28-25-24(26-27-19-14-8-9-15-20(19)30(22)26)21(32-23(31)4-2)17-29(25)16-10-13-18-11-6-5-7-12-18/h5-9,11-12,14-15,17H,3-4,10,13,16H2,1-2H3. The number of aryl methyl sites for hydroxylation is 3. The highest BCUT2D eigenvalue weighted by atomic mass is 16.5. The van der Waals surface area contributed by atoms with Crippen molar-refractivity contribution in [1.29, 1.82) is 0 Å². The van der Waals surface area contributed by atoms with E-state index in [9.17, 15) is 4.79 Å². The molecule has 2 aromatic carbocycles. The molecule has 0 bridgehead atoms. The van der Waals surface area contributed by atoms with Crippen molar-refractivity contribution in [2.75, 3.05) is 0 Å². The number of para-hydroxylation sites is 2. The van der Waals surface area contributed by atoms with Gasteiger partial charge < -0.3 is 9.30 Å². The average Bonchev–Trinajstić information content (AvgIpc) is 3.37. The predicted octanol–water partition coefficient (Wildman–Crippen LogP) is 5.35. The lowest BCUT2D eigenvalue weighted by atomic mass is 10.1. The molecule has 0 aliphatic carbocycles. The van der Waals surface area contributed by atoms with E-state index in [4.69, 9.17) is 14.7 Å². The van der Waals surface area contributed by atoms with E-state index in [0.29, 0.717) is 12.2 Å². The Morgan fingerprint density at radius 1 is 0.969 bits per heavy atom. The molecule has 5 rings (SSSR count). The molecule has 32 heavy (non-hydrogen) atoms. The zero-order chi connectivity index (χ0) is 22.1. The second-order valence-corrected chi connectivity index (χ2v) is 7.94. The lowest BCUT2D eigenvalue weighted by molar-refractivity contribution is -0.133. The summed E-state index contributed by atoms with van der Waals surface area (Å²) in [5, 5.41) is 0.792. The van der Waals surface area contributed by atoms with Gasteiger partial charge in [-0.2, -0.15) is 0 Å². The molecular weight excluding hydrogens is 400 g/mol. The van der Waals surface area contributed by atoms with Crippen LogP contribution in [0.2, 0.25) is 0 Å². The predicted molar refractivity (Wildman–Crippen MR) is 126 cm³/mol. The minimum absolute atomic E-state index is 0.262. The van der Waals surface area contributed by atoms with Crippen LogP contribution in [-0.2, 0) is 24.2 Å². The van der Waals surface area contributed by atoms with Crippen LogP contribution < -0.4 is 4.74 Å². The Balaban J connectivity index is 1.65. The Bertz CT molecular complexity index is 1420. The van der Waals surface area contributed by atoms with Gasteiger partial charge >= 0.3 is 5.97 Å². The summed E-state index contributed by atoms with van der Waals surface area (Å²) in [6, 6.07) is 18.5. The van der Waals surface area contributed by atoms with E-state index in [-0.39, 0.29) is 5.97 Å². The first-order valence-corrected chi connectivity index (χ1v) is 11.2. The number of fused-ring (bicyclic) bond motifs is 5. The average molecular weight is 427 g/mol. The van der Waals surface area contributed by atoms with E-state index < -0.39 is 0 Å². The molecule has 6 heteroatoms. The number of benzene rings is 2. The number of hydrogen-bond acceptors (Lipinski definition) is 4. The Kier molecular flexibility index (Phi) is 5.35. The number of nitrogens with zero attached hydrogens (tertiary/aromatic N) is 4. The minimum atomic E-state index is -0.262. The highest BCUT2D eigenvalue weighted by Crippen LogP contribution is 2.34. The van der Waals surface area contributed by atoms with Crippen molar-refractivity contribution in [3.05, 3.63) is 72.2 Å². The van der Waals surface area contributed by atoms with Gasteiger partial charge in [0.25, 0.3) is 0 Å². The molecule has 0 aliphatic heterocycles. The molecule has 3 heterocycles. The van der Waals surface area contributed by atoms with Crippen LogP contribution in [0.3, 0.4) is 0 Å². The number of aromatic nitrogens is 4. The second kappa shape index (κ2) is 8.46. The molecule has 0 amide bonds. The van der Waals surface area contributed by atoms with Gasteiger partial charge in [-0.1, -0.05) is 56.3 Å². The number of rotatable bonds is 7. The lowest BCUT2D eigenvalue weighted by Crippen LogP contribution is -2.06. The van der Waals surface area contributed by atoms with Gasteiger partial charge in [0, 0.05) is 25.6 Å². The zero-order valence-corrected chi connectivity index (χ0v) is 18.4. The summed E-state index contributed by atoms with van der Waals surface area (Å²) >= 11 is 0. The summed E-state index contributed by atoms with van der Waals surface area (Å²) in [5.74, 6) is 1.21. The van der Waals surface area contributed by atoms with Crippen LogP contribution in [0.4, 0.5) is 0 Å². The smallest absolute Gasteiger partial charge is 0.310 e. The largest absolute Gasteiger partial charge is 0.424 e. The van der Waals surface area contributed by atoms with Crippen LogP contribution in [0.25, 0.3) is 27.7 Å². The molecule has 6 nitrogen and oxygen atoms in total. The third kappa shape index (κ3) is 3.51. The van der Waals surface area contributed by atoms with Gasteiger partial charge in [-0.15, -0.1) is 0 Å². The Morgan fingerprint density at radius 3 is 2.53 bits per heavy atom. The van der Waals surface area contributed by atoms with Crippen molar-refractivity contribution < 1.29 is 9.53 Å². The first-order valence-electron chi connectivity index (χ1n) is 11.2. The molecule has 162 valence electrons. The Hall–Kier alpha value is -3.67. The van der Waals surface area contributed by atoms with Gasteiger partial charge in [0.15, 0.2) is 11.4 Å². The first-order chi connectivity index (χ1) is 15.7. The second-order valence-electron chi connectivity index (χ2n) is 7.94. The van der Waals surface area contributed by atoms with Gasteiger partial charge in [0.2, 0.25) is 0 Å². The van der Waals surface area contributed by atoms with Gasteiger partial charge in [-0.3, -0.25) is 9.20 Å². The van der Waals surface area contributed by atoms with Gasteiger partial charge in [-0.25, -0.2) is 9.97 Å². The molecular formula is C26H26N4O2. The summed E-state index contributed by atoms with van der Waals surface area (Å²) in [7, 11) is 0. The van der Waals surface area contributed by atoms with E-state index in [1.54, 1.807) is 6.92 Å². The number of imidazole rings is 1. The maximum atomic E-state index is 12.2. The van der Waals surface area contributed by atoms with Crippen LogP contribution in [-0.4, -0.2) is 24.9 Å². The Labute approximate surface area is 186 Å². The SMILES string of the molecule is CCC(=O)Oc1cn(CCCc2ccccc2)c2nc(CC)n3c4ccccc4nc3c12. The normalized spacial score (nSPS) is 11.6. The van der Waals surface area contributed by atoms with Gasteiger partial charge in [0.1, 0.15) is 16.9 Å². The van der Waals surface area contributed by atoms with E-state index >= 15 is 0 Å². The van der Waals surface area contributed by atoms with E-state index in [0.717, 1.165) is 59.3 Å². The van der Waals surface area contributed by atoms with Crippen molar-refractivity contribution in [2.45, 2.75) is 46.1 Å². The van der Waals surface area contributed by atoms with E-state index in [1.165, 1.54) is 5.56 Å². The van der Waals surface area contributed by atoms with Crippen LogP contribution in [0.15, 0.2) is 60.8 Å². The molecule has 0 atom stereocenters. The van der Waals surface area contributed by atoms with Crippen LogP contribution >= 0.6 is 0 Å². The summed E-state index contributed by atoms with van der Waals surface area (Å²) in [4.78, 5) is 22.1. The van der Waals surface area contributed by atoms with Crippen molar-refractivity contribution in [3.8, 4) is 5.75 Å². The van der Waals surface area contributed by atoms with Gasteiger partial charge in [0.05, 0.1) is 11.0 Å². The maximum absolute atomic E-state index is 12.2. The molecule has 0 aliphatic rings. The van der Waals surface area contributed by atoms with Crippen LogP contribution in [0.1, 0.15) is 38.1 Å². The molecule has 0 saturated heterocycles. The first kappa shape index (κ1) is 20.2. The summed E-state index contributed by atoms with van der Waals surface area (Å²) in [6.45, 7) is 4.68. The third-order valence-corrected chi connectivity index (χ3v) is 5.83. The van der Waals surface area contributed by atoms with E-state index in [2.05, 4.69) is 46.2 Å². The van der Waals surface area contributed by atoms with Crippen molar-refractivity contribution >= 4 is 33.7 Å². The third-order valence-electron chi connectivity index (χ3n) is 5.83. The molecule has 0 saturated carbocycles. The molecule has 5 aromatic rings. The molecule has 0 spiro atoms. The minimum Gasteiger partial charge on any atom is -0.424 e. The highest BCUT2D eigenvalue weighted by Gasteiger charge is 2.21. The number of ether oxygens (including phenoxy) is 1. The number of esters is 1. The van der Waals surface area contributed by atoms with Crippen molar-refractivity contribution in [2.24, 2.45) is 0 Å². The summed E-state index contributed by atoms with van der Waals surface area (Å²) in [5.41, 5.74) is 4.83. The fourth-order valence-corrected chi connectivity index (χ4v) is 4.26. The molecule has 0 fully saturated rings. The number of hydrogen-bond donors (Lipinski definition) is 0. The van der Waals surface area contributed by atoms with Crippen LogP contribution in [0.5, 0.6) is 5.75 Å². The zero-order valence-electron chi connectivity index (χ0n) is 18.4. The topological polar surface area (TPSA) is 61.4 Å². The molecule has 0 N–H and O–H groups in total. The number of carbonyl (C=O) groups excluding carboxylic acids is 1. The quantitative estimate of drug-likeness (QED) is 0.329. The summed E-state index contributed by atoms with van der Waals surface area (Å²) < 4.78 is 9.95. The van der Waals surface area contributed by atoms with Crippen molar-refractivity contribution in [1.82, 2.24) is 18.9 Å². The molecule has 0 unspecified atom stereocenters. The van der Waals surface area contributed by atoms with Crippen molar-refractivity contribution in [3.63, 3.8) is 0 Å². The molecule has 0 radical (unpaired) electrons. The van der Waals surface area contributed by atoms with Gasteiger partial charge in [-0.05, 0) is 30.5 Å². The summed E-state index contributed by atoms with van der Waals surface area (Å²) in [6.07, 6.45) is 4.93. The monoisotopic (exact) mass is 426 g/mol. The van der Waals surface area contributed by atoms with Crippen LogP contribution in [0, 0.1) is 0 Å². The van der Waals surface area contributed by atoms with E-state index in [1.807, 2.05) is 30.5 Å². The highest BCUT2D eigenvalue weighted by molar-refractivity contribution is 6.00. The fourth-order valence-electron chi connectivity index (χ4n) is 4.26. The number of carbonyl (C=O) groups is 1. The lowest BCUT2D eigenvalue weighted by Gasteiger charge is -2.08.